The minimum Gasteiger partial charge on any atom is -0.496 e. The maximum atomic E-state index is 13.0. The normalized spacial score (nSPS) is 20.4. The quantitative estimate of drug-likeness (QED) is 0.244. The van der Waals surface area contributed by atoms with Crippen molar-refractivity contribution in [3.05, 3.63) is 75.8 Å². The molecule has 0 bridgehead atoms. The zero-order valence-corrected chi connectivity index (χ0v) is 27.0. The fraction of sp³-hybridized carbons (Fsp3) is 0.424. The Morgan fingerprint density at radius 1 is 0.864 bits per heavy atom. The van der Waals surface area contributed by atoms with E-state index in [1.807, 2.05) is 48.5 Å². The zero-order chi connectivity index (χ0) is 30.9. The first kappa shape index (κ1) is 31.7. The van der Waals surface area contributed by atoms with Gasteiger partial charge in [0, 0.05) is 23.0 Å². The van der Waals surface area contributed by atoms with E-state index in [1.54, 1.807) is 26.0 Å². The van der Waals surface area contributed by atoms with Gasteiger partial charge in [-0.2, -0.15) is 0 Å². The Bertz CT molecular complexity index is 1520. The third-order valence-electron chi connectivity index (χ3n) is 7.87. The molecule has 5 rings (SSSR count). The average molecular weight is 634 g/mol. The van der Waals surface area contributed by atoms with Gasteiger partial charge in [-0.15, -0.1) is 10.2 Å². The fourth-order valence-corrected chi connectivity index (χ4v) is 7.73. The molecule has 0 saturated heterocycles. The van der Waals surface area contributed by atoms with Gasteiger partial charge in [-0.25, -0.2) is 0 Å². The van der Waals surface area contributed by atoms with Crippen LogP contribution in [-0.4, -0.2) is 47.3 Å². The van der Waals surface area contributed by atoms with Crippen molar-refractivity contribution in [3.8, 4) is 11.5 Å². The Morgan fingerprint density at radius 2 is 1.48 bits per heavy atom. The number of thioether (sulfide) groups is 1. The highest BCUT2D eigenvalue weighted by Crippen LogP contribution is 2.40. The van der Waals surface area contributed by atoms with Crippen molar-refractivity contribution in [1.29, 1.82) is 0 Å². The molecule has 11 heteroatoms. The van der Waals surface area contributed by atoms with Crippen molar-refractivity contribution < 1.29 is 19.1 Å². The van der Waals surface area contributed by atoms with E-state index >= 15 is 0 Å². The van der Waals surface area contributed by atoms with Crippen LogP contribution in [0.4, 0.5) is 5.13 Å². The summed E-state index contributed by atoms with van der Waals surface area (Å²) in [6, 6.07) is 15.2. The monoisotopic (exact) mass is 633 g/mol. The number of anilines is 1. The van der Waals surface area contributed by atoms with Crippen molar-refractivity contribution in [1.82, 2.24) is 15.5 Å². The Hall–Kier alpha value is -3.70. The number of amides is 2. The summed E-state index contributed by atoms with van der Waals surface area (Å²) in [6.07, 6.45) is 8.47. The van der Waals surface area contributed by atoms with E-state index in [0.717, 1.165) is 64.7 Å². The van der Waals surface area contributed by atoms with E-state index in [9.17, 15) is 9.59 Å². The number of para-hydroxylation sites is 2. The summed E-state index contributed by atoms with van der Waals surface area (Å²) in [5, 5.41) is 18.2. The predicted molar refractivity (Wildman–Crippen MR) is 177 cm³/mol. The third-order valence-corrected chi connectivity index (χ3v) is 10.0. The number of nitrogens with zero attached hydrogens (tertiary/aromatic N) is 3. The summed E-state index contributed by atoms with van der Waals surface area (Å²) in [7, 11) is 3.22. The molecule has 1 fully saturated rings. The average Bonchev–Trinajstić information content (AvgIpc) is 3.22. The molecule has 0 radical (unpaired) electrons. The molecule has 1 saturated carbocycles. The molecule has 2 amide bonds. The molecular formula is C33H39N5O4S2. The number of hydrogen-bond donors (Lipinski definition) is 2. The lowest BCUT2D eigenvalue weighted by Gasteiger charge is -2.21. The molecule has 2 heterocycles. The number of methoxy groups -OCH3 is 2. The zero-order valence-electron chi connectivity index (χ0n) is 25.4. The largest absolute Gasteiger partial charge is 0.496 e. The number of aliphatic imine (C=N–C) groups is 1. The maximum absolute atomic E-state index is 13.0. The molecule has 2 aromatic carbocycles. The highest BCUT2D eigenvalue weighted by Gasteiger charge is 2.30. The van der Waals surface area contributed by atoms with Crippen molar-refractivity contribution in [2.24, 2.45) is 10.9 Å². The topological polar surface area (TPSA) is 115 Å². The van der Waals surface area contributed by atoms with Gasteiger partial charge >= 0.3 is 0 Å². The fourth-order valence-electron chi connectivity index (χ4n) is 5.64. The molecule has 1 aliphatic heterocycles. The lowest BCUT2D eigenvalue weighted by molar-refractivity contribution is -0.119. The molecule has 3 atom stereocenters. The van der Waals surface area contributed by atoms with Crippen LogP contribution in [0.1, 0.15) is 67.5 Å². The highest BCUT2D eigenvalue weighted by molar-refractivity contribution is 8.17. The summed E-state index contributed by atoms with van der Waals surface area (Å²) in [5.41, 5.74) is 1.68. The van der Waals surface area contributed by atoms with E-state index in [-0.39, 0.29) is 42.5 Å². The van der Waals surface area contributed by atoms with E-state index in [2.05, 4.69) is 33.8 Å². The number of carbonyl (C=O) groups is 2. The molecule has 2 aliphatic rings. The Balaban J connectivity index is 1.22. The van der Waals surface area contributed by atoms with E-state index < -0.39 is 0 Å². The van der Waals surface area contributed by atoms with E-state index in [1.165, 1.54) is 11.3 Å². The molecule has 9 nitrogen and oxygen atoms in total. The minimum atomic E-state index is -0.152. The summed E-state index contributed by atoms with van der Waals surface area (Å²) >= 11 is 3.04. The molecule has 44 heavy (non-hydrogen) atoms. The summed E-state index contributed by atoms with van der Waals surface area (Å²) < 4.78 is 10.8. The number of ether oxygens (including phenoxy) is 2. The first-order valence-corrected chi connectivity index (χ1v) is 16.7. The third kappa shape index (κ3) is 8.47. The second kappa shape index (κ2) is 15.3. The maximum Gasteiger partial charge on any atom is 0.230 e. The van der Waals surface area contributed by atoms with E-state index in [4.69, 9.17) is 14.5 Å². The highest BCUT2D eigenvalue weighted by atomic mass is 32.2. The standard InChI is InChI=1S/C33H39N5O4S2/c1-21-16-17-30(35-28(39)19-22-10-6-8-14-26(22)41-2)43-31(34-21)24-12-4-5-13-25(18-24)32-37-38-33(44-32)36-29(40)20-23-11-7-9-15-27(23)42-3/h6-11,14-15,17,21,24-25H,4-5,12-13,16,18-20H2,1-3H3,(H,35,39)(H,36,38,40). The second-order valence-corrected chi connectivity index (χ2v) is 13.2. The minimum absolute atomic E-state index is 0.0740. The van der Waals surface area contributed by atoms with Crippen LogP contribution in [0.2, 0.25) is 0 Å². The van der Waals surface area contributed by atoms with Gasteiger partial charge in [-0.05, 0) is 44.7 Å². The van der Waals surface area contributed by atoms with Crippen molar-refractivity contribution in [3.63, 3.8) is 0 Å². The van der Waals surface area contributed by atoms with Crippen LogP contribution in [0, 0.1) is 5.92 Å². The van der Waals surface area contributed by atoms with Gasteiger partial charge in [0.25, 0.3) is 0 Å². The molecule has 232 valence electrons. The van der Waals surface area contributed by atoms with Gasteiger partial charge in [-0.1, -0.05) is 78.4 Å². The van der Waals surface area contributed by atoms with Crippen LogP contribution >= 0.6 is 23.1 Å². The summed E-state index contributed by atoms with van der Waals surface area (Å²) in [6.45, 7) is 2.12. The number of benzene rings is 2. The van der Waals surface area contributed by atoms with Crippen LogP contribution in [0.5, 0.6) is 11.5 Å². The number of hydrogen-bond acceptors (Lipinski definition) is 9. The van der Waals surface area contributed by atoms with Crippen LogP contribution in [0.25, 0.3) is 0 Å². The van der Waals surface area contributed by atoms with Gasteiger partial charge in [0.2, 0.25) is 16.9 Å². The van der Waals surface area contributed by atoms with Gasteiger partial charge in [0.05, 0.1) is 43.2 Å². The van der Waals surface area contributed by atoms with Crippen molar-refractivity contribution >= 4 is 45.1 Å². The second-order valence-electron chi connectivity index (χ2n) is 11.2. The van der Waals surface area contributed by atoms with Gasteiger partial charge in [-0.3, -0.25) is 14.6 Å². The smallest absolute Gasteiger partial charge is 0.230 e. The van der Waals surface area contributed by atoms with E-state index in [0.29, 0.717) is 16.6 Å². The molecule has 0 spiro atoms. The molecule has 1 aromatic heterocycles. The number of aromatic nitrogens is 2. The molecule has 2 N–H and O–H groups in total. The summed E-state index contributed by atoms with van der Waals surface area (Å²) in [4.78, 5) is 30.9. The first-order chi connectivity index (χ1) is 21.4. The number of carbonyl (C=O) groups excluding carboxylic acids is 2. The SMILES string of the molecule is COc1ccccc1CC(=O)NC1=CCC(C)N=C(C2CCCCC(c3nnc(NC(=O)Cc4ccccc4OC)s3)C2)S1. The van der Waals surface area contributed by atoms with Crippen LogP contribution in [0.3, 0.4) is 0 Å². The van der Waals surface area contributed by atoms with Crippen LogP contribution in [-0.2, 0) is 22.4 Å². The molecular weight excluding hydrogens is 595 g/mol. The number of rotatable bonds is 10. The molecule has 1 aliphatic carbocycles. The molecule has 3 aromatic rings. The van der Waals surface area contributed by atoms with Crippen molar-refractivity contribution in [2.45, 2.75) is 70.3 Å². The summed E-state index contributed by atoms with van der Waals surface area (Å²) in [5.74, 6) is 1.66. The van der Waals surface area contributed by atoms with Crippen LogP contribution in [0.15, 0.2) is 64.6 Å². The lowest BCUT2D eigenvalue weighted by Crippen LogP contribution is -2.25. The van der Waals surface area contributed by atoms with Crippen molar-refractivity contribution in [2.75, 3.05) is 19.5 Å². The lowest BCUT2D eigenvalue weighted by atomic mass is 9.94. The van der Waals surface area contributed by atoms with Gasteiger partial charge < -0.3 is 20.1 Å². The Morgan fingerprint density at radius 3 is 2.14 bits per heavy atom. The van der Waals surface area contributed by atoms with Crippen LogP contribution < -0.4 is 20.1 Å². The first-order valence-electron chi connectivity index (χ1n) is 15.0. The van der Waals surface area contributed by atoms with Gasteiger partial charge in [0.1, 0.15) is 16.5 Å². The molecule has 3 unspecified atom stereocenters. The predicted octanol–water partition coefficient (Wildman–Crippen LogP) is 6.52. The Kier molecular flexibility index (Phi) is 11.1. The number of nitrogens with one attached hydrogen (secondary N) is 2. The Labute approximate surface area is 266 Å². The van der Waals surface area contributed by atoms with Gasteiger partial charge in [0.15, 0.2) is 0 Å².